The number of carbonyl (C=O) groups is 5. The van der Waals surface area contributed by atoms with Gasteiger partial charge in [-0.1, -0.05) is 30.7 Å². The summed E-state index contributed by atoms with van der Waals surface area (Å²) in [6, 6.07) is 13.9. The number of aromatic nitrogens is 3. The second-order valence-corrected chi connectivity index (χ2v) is 13.6. The van der Waals surface area contributed by atoms with E-state index in [1.54, 1.807) is 61.6 Å². The smallest absolute Gasteiger partial charge is 0.270 e. The molecular weight excluding hydrogens is 660 g/mol. The molecule has 4 heterocycles. The molecule has 2 aromatic carbocycles. The maximum absolute atomic E-state index is 13.1. The predicted octanol–water partition coefficient (Wildman–Crippen LogP) is 4.31. The molecule has 13 nitrogen and oxygen atoms in total. The maximum Gasteiger partial charge on any atom is 0.270 e. The van der Waals surface area contributed by atoms with Crippen molar-refractivity contribution >= 4 is 52.2 Å². The predicted molar refractivity (Wildman–Crippen MR) is 194 cm³/mol. The first-order valence-electron chi connectivity index (χ1n) is 17.7. The summed E-state index contributed by atoms with van der Waals surface area (Å²) in [6.07, 6.45) is 7.69. The summed E-state index contributed by atoms with van der Waals surface area (Å²) in [7, 11) is 3.50. The Bertz CT molecular complexity index is 2140. The average molecular weight is 701 g/mol. The van der Waals surface area contributed by atoms with E-state index < -0.39 is 11.9 Å². The Morgan fingerprint density at radius 3 is 2.58 bits per heavy atom. The van der Waals surface area contributed by atoms with Crippen LogP contribution in [0.4, 0.5) is 11.6 Å². The van der Waals surface area contributed by atoms with Crippen LogP contribution in [-0.4, -0.2) is 80.6 Å². The van der Waals surface area contributed by atoms with E-state index in [0.29, 0.717) is 48.6 Å². The molecule has 1 saturated heterocycles. The summed E-state index contributed by atoms with van der Waals surface area (Å²) < 4.78 is 2.07. The van der Waals surface area contributed by atoms with Crippen molar-refractivity contribution < 1.29 is 24.0 Å². The quantitative estimate of drug-likeness (QED) is 0.132. The monoisotopic (exact) mass is 700 g/mol. The highest BCUT2D eigenvalue weighted by Crippen LogP contribution is 2.35. The molecule has 1 unspecified atom stereocenters. The topological polar surface area (TPSA) is 159 Å². The van der Waals surface area contributed by atoms with Crippen LogP contribution < -0.4 is 16.0 Å². The lowest BCUT2D eigenvalue weighted by atomic mass is 10.0. The van der Waals surface area contributed by atoms with Crippen LogP contribution in [0.3, 0.4) is 0 Å². The van der Waals surface area contributed by atoms with E-state index in [0.717, 1.165) is 53.5 Å². The van der Waals surface area contributed by atoms with Gasteiger partial charge in [0.15, 0.2) is 0 Å². The summed E-state index contributed by atoms with van der Waals surface area (Å²) >= 11 is 0. The van der Waals surface area contributed by atoms with Crippen LogP contribution in [0.2, 0.25) is 0 Å². The number of imide groups is 1. The van der Waals surface area contributed by atoms with Gasteiger partial charge in [-0.15, -0.1) is 0 Å². The standard InChI is InChI=1S/C39H40N8O5/c1-45(2)38(52)32-21-26-22-41-39(44-34(26)47(32)28-11-5-6-12-28)42-27-16-14-25(15-17-27)35(49)40-20-7-3-4-9-24-10-8-13-29-30(24)23-46(37(29)51)31-18-19-33(48)43-36(31)50/h8,10,13-17,21-22,28,31H,3,5-7,11-12,18-20,23H2,1-2H3,(H,40,49)(H,41,42,44)(H,43,48,50). The number of fused-ring (bicyclic) bond motifs is 2. The van der Waals surface area contributed by atoms with Crippen molar-refractivity contribution in [2.75, 3.05) is 26.0 Å². The first-order valence-corrected chi connectivity index (χ1v) is 17.7. The molecule has 0 bridgehead atoms. The Kier molecular flexibility index (Phi) is 9.71. The van der Waals surface area contributed by atoms with Gasteiger partial charge in [0.25, 0.3) is 17.7 Å². The van der Waals surface area contributed by atoms with Gasteiger partial charge >= 0.3 is 0 Å². The van der Waals surface area contributed by atoms with Gasteiger partial charge in [0.05, 0.1) is 0 Å². The van der Waals surface area contributed by atoms with E-state index in [1.165, 1.54) is 4.90 Å². The van der Waals surface area contributed by atoms with Crippen LogP contribution in [0.15, 0.2) is 54.7 Å². The molecule has 13 heteroatoms. The SMILES string of the molecule is CN(C)C(=O)c1cc2cnc(Nc3ccc(C(=O)NCCCC#Cc4cccc5c4CN(C4CCC(=O)NC4=O)C5=O)cc3)nc2n1C1CCCC1. The lowest BCUT2D eigenvalue weighted by molar-refractivity contribution is -0.136. The number of amides is 5. The fourth-order valence-corrected chi connectivity index (χ4v) is 7.17. The highest BCUT2D eigenvalue weighted by molar-refractivity contribution is 6.05. The van der Waals surface area contributed by atoms with Crippen LogP contribution in [0.25, 0.3) is 11.0 Å². The summed E-state index contributed by atoms with van der Waals surface area (Å²) in [6.45, 7) is 0.710. The van der Waals surface area contributed by atoms with Gasteiger partial charge < -0.3 is 25.0 Å². The molecule has 266 valence electrons. The fourth-order valence-electron chi connectivity index (χ4n) is 7.17. The van der Waals surface area contributed by atoms with E-state index in [4.69, 9.17) is 4.98 Å². The van der Waals surface area contributed by atoms with E-state index in [-0.39, 0.29) is 42.6 Å². The van der Waals surface area contributed by atoms with Crippen molar-refractivity contribution in [1.29, 1.82) is 0 Å². The van der Waals surface area contributed by atoms with Crippen molar-refractivity contribution in [2.45, 2.75) is 70.0 Å². The molecule has 2 fully saturated rings. The van der Waals surface area contributed by atoms with Crippen molar-refractivity contribution in [2.24, 2.45) is 0 Å². The normalized spacial score (nSPS) is 17.1. The molecule has 1 saturated carbocycles. The average Bonchev–Trinajstić information content (AvgIpc) is 3.88. The lowest BCUT2D eigenvalue weighted by Gasteiger charge is -2.29. The van der Waals surface area contributed by atoms with Gasteiger partial charge in [-0.2, -0.15) is 4.98 Å². The number of hydrogen-bond donors (Lipinski definition) is 3. The number of anilines is 2. The highest BCUT2D eigenvalue weighted by Gasteiger charge is 2.39. The Hall–Kier alpha value is -6.03. The van der Waals surface area contributed by atoms with Gasteiger partial charge in [-0.05, 0) is 73.7 Å². The third-order valence-electron chi connectivity index (χ3n) is 9.86. The van der Waals surface area contributed by atoms with Crippen LogP contribution in [0, 0.1) is 11.8 Å². The number of hydrogen-bond acceptors (Lipinski definition) is 8. The molecule has 1 atom stereocenters. The maximum atomic E-state index is 13.1. The van der Waals surface area contributed by atoms with Gasteiger partial charge in [-0.3, -0.25) is 29.3 Å². The molecular formula is C39H40N8O5. The van der Waals surface area contributed by atoms with Crippen molar-refractivity contribution in [1.82, 2.24) is 35.0 Å². The van der Waals surface area contributed by atoms with Gasteiger partial charge in [0.2, 0.25) is 17.8 Å². The Morgan fingerprint density at radius 1 is 1.04 bits per heavy atom. The van der Waals surface area contributed by atoms with Crippen LogP contribution >= 0.6 is 0 Å². The molecule has 3 N–H and O–H groups in total. The van der Waals surface area contributed by atoms with Gasteiger partial charge in [0.1, 0.15) is 17.4 Å². The minimum atomic E-state index is -0.672. The Morgan fingerprint density at radius 2 is 1.83 bits per heavy atom. The molecule has 3 aliphatic rings. The second kappa shape index (κ2) is 14.7. The minimum absolute atomic E-state index is 0.0587. The Labute approximate surface area is 301 Å². The van der Waals surface area contributed by atoms with Crippen LogP contribution in [0.1, 0.15) is 99.7 Å². The Balaban J connectivity index is 0.922. The molecule has 52 heavy (non-hydrogen) atoms. The lowest BCUT2D eigenvalue weighted by Crippen LogP contribution is -2.52. The largest absolute Gasteiger partial charge is 0.352 e. The molecule has 2 aliphatic heterocycles. The third-order valence-corrected chi connectivity index (χ3v) is 9.86. The molecule has 0 radical (unpaired) electrons. The molecule has 5 amide bonds. The van der Waals surface area contributed by atoms with E-state index in [2.05, 4.69) is 37.3 Å². The number of carbonyl (C=O) groups excluding carboxylic acids is 5. The third kappa shape index (κ3) is 6.96. The highest BCUT2D eigenvalue weighted by atomic mass is 16.2. The van der Waals surface area contributed by atoms with Gasteiger partial charge in [-0.25, -0.2) is 4.98 Å². The van der Waals surface area contributed by atoms with Crippen LogP contribution in [0.5, 0.6) is 0 Å². The number of piperidine rings is 1. The minimum Gasteiger partial charge on any atom is -0.352 e. The summed E-state index contributed by atoms with van der Waals surface area (Å²) in [5, 5.41) is 9.31. The number of unbranched alkanes of at least 4 members (excludes halogenated alkanes) is 1. The molecule has 0 spiro atoms. The zero-order chi connectivity index (χ0) is 36.4. The van der Waals surface area contributed by atoms with Crippen molar-refractivity contribution in [3.63, 3.8) is 0 Å². The summed E-state index contributed by atoms with van der Waals surface area (Å²) in [5.41, 5.74) is 4.64. The number of benzene rings is 2. The number of nitrogens with one attached hydrogen (secondary N) is 3. The molecule has 4 aromatic rings. The zero-order valence-corrected chi connectivity index (χ0v) is 29.2. The number of rotatable bonds is 9. The first-order chi connectivity index (χ1) is 25.2. The second-order valence-electron chi connectivity index (χ2n) is 13.6. The van der Waals surface area contributed by atoms with Crippen molar-refractivity contribution in [3.8, 4) is 11.8 Å². The van der Waals surface area contributed by atoms with E-state index in [9.17, 15) is 24.0 Å². The van der Waals surface area contributed by atoms with Gasteiger partial charge in [0, 0.05) is 80.0 Å². The molecule has 2 aromatic heterocycles. The summed E-state index contributed by atoms with van der Waals surface area (Å²) in [4.78, 5) is 75.2. The number of nitrogens with zero attached hydrogens (tertiary/aromatic N) is 5. The fraction of sp³-hybridized carbons (Fsp3) is 0.359. The molecule has 1 aliphatic carbocycles. The van der Waals surface area contributed by atoms with Crippen molar-refractivity contribution in [3.05, 3.63) is 82.7 Å². The zero-order valence-electron chi connectivity index (χ0n) is 29.2. The van der Waals surface area contributed by atoms with Crippen LogP contribution in [-0.2, 0) is 16.1 Å². The summed E-state index contributed by atoms with van der Waals surface area (Å²) in [5.74, 6) is 5.47. The first kappa shape index (κ1) is 34.4. The van der Waals surface area contributed by atoms with E-state index in [1.807, 2.05) is 12.1 Å². The molecule has 7 rings (SSSR count). The van der Waals surface area contributed by atoms with E-state index >= 15 is 0 Å².